The van der Waals surface area contributed by atoms with Gasteiger partial charge in [0.15, 0.2) is 6.29 Å². The van der Waals surface area contributed by atoms with E-state index in [1.807, 2.05) is 29.8 Å². The van der Waals surface area contributed by atoms with Gasteiger partial charge in [-0.3, -0.25) is 9.36 Å². The standard InChI is InChI=1S/C9H8N2OS/c1-7-4-11(6-10-7)9-3-2-8(5-12)13-9/h2-6H,1H3. The first-order chi connectivity index (χ1) is 6.29. The van der Waals surface area contributed by atoms with E-state index in [2.05, 4.69) is 4.98 Å². The van der Waals surface area contributed by atoms with Crippen LogP contribution in [0.15, 0.2) is 24.7 Å². The summed E-state index contributed by atoms with van der Waals surface area (Å²) in [7, 11) is 0. The highest BCUT2D eigenvalue weighted by Gasteiger charge is 2.01. The molecule has 0 bridgehead atoms. The molecule has 2 aromatic heterocycles. The molecule has 0 unspecified atom stereocenters. The molecule has 13 heavy (non-hydrogen) atoms. The molecule has 2 rings (SSSR count). The van der Waals surface area contributed by atoms with Gasteiger partial charge in [0.25, 0.3) is 0 Å². The lowest BCUT2D eigenvalue weighted by molar-refractivity contribution is 0.112. The molecule has 0 aromatic carbocycles. The molecule has 2 heterocycles. The van der Waals surface area contributed by atoms with E-state index in [4.69, 9.17) is 0 Å². The summed E-state index contributed by atoms with van der Waals surface area (Å²) in [6.07, 6.45) is 4.54. The van der Waals surface area contributed by atoms with Crippen molar-refractivity contribution >= 4 is 17.6 Å². The van der Waals surface area contributed by atoms with Crippen molar-refractivity contribution < 1.29 is 4.79 Å². The van der Waals surface area contributed by atoms with Crippen LogP contribution in [0.25, 0.3) is 5.00 Å². The van der Waals surface area contributed by atoms with E-state index in [0.717, 1.165) is 21.9 Å². The highest BCUT2D eigenvalue weighted by atomic mass is 32.1. The Balaban J connectivity index is 2.40. The fourth-order valence-corrected chi connectivity index (χ4v) is 1.85. The molecule has 0 aliphatic carbocycles. The number of hydrogen-bond donors (Lipinski definition) is 0. The van der Waals surface area contributed by atoms with E-state index in [1.165, 1.54) is 11.3 Å². The van der Waals surface area contributed by atoms with Crippen molar-refractivity contribution in [3.05, 3.63) is 35.2 Å². The Morgan fingerprint density at radius 2 is 2.38 bits per heavy atom. The molecule has 0 saturated carbocycles. The van der Waals surface area contributed by atoms with Crippen molar-refractivity contribution in [3.63, 3.8) is 0 Å². The number of thiophene rings is 1. The number of hydrogen-bond acceptors (Lipinski definition) is 3. The van der Waals surface area contributed by atoms with Gasteiger partial charge in [-0.05, 0) is 19.1 Å². The van der Waals surface area contributed by atoms with E-state index in [9.17, 15) is 4.79 Å². The summed E-state index contributed by atoms with van der Waals surface area (Å²) >= 11 is 1.45. The summed E-state index contributed by atoms with van der Waals surface area (Å²) in [6, 6.07) is 3.72. The Morgan fingerprint density at radius 3 is 2.92 bits per heavy atom. The summed E-state index contributed by atoms with van der Waals surface area (Å²) in [4.78, 5) is 15.3. The molecule has 66 valence electrons. The van der Waals surface area contributed by atoms with Gasteiger partial charge < -0.3 is 0 Å². The first kappa shape index (κ1) is 8.19. The third kappa shape index (κ3) is 1.53. The first-order valence-corrected chi connectivity index (χ1v) is 4.67. The van der Waals surface area contributed by atoms with Crippen molar-refractivity contribution in [1.82, 2.24) is 9.55 Å². The number of imidazole rings is 1. The molecule has 0 aliphatic heterocycles. The smallest absolute Gasteiger partial charge is 0.160 e. The Hall–Kier alpha value is -1.42. The van der Waals surface area contributed by atoms with Gasteiger partial charge in [0.05, 0.1) is 10.6 Å². The lowest BCUT2D eigenvalue weighted by atomic mass is 10.5. The fourth-order valence-electron chi connectivity index (χ4n) is 1.09. The molecule has 0 N–H and O–H groups in total. The van der Waals surface area contributed by atoms with Crippen molar-refractivity contribution in [2.45, 2.75) is 6.92 Å². The molecule has 0 fully saturated rings. The lowest BCUT2D eigenvalue weighted by Crippen LogP contribution is -1.83. The molecular weight excluding hydrogens is 184 g/mol. The van der Waals surface area contributed by atoms with Gasteiger partial charge in [0.2, 0.25) is 0 Å². The maximum atomic E-state index is 10.4. The monoisotopic (exact) mass is 192 g/mol. The second kappa shape index (κ2) is 3.14. The van der Waals surface area contributed by atoms with E-state index < -0.39 is 0 Å². The number of rotatable bonds is 2. The molecule has 0 spiro atoms. The number of aryl methyl sites for hydroxylation is 1. The minimum absolute atomic E-state index is 0.737. The van der Waals surface area contributed by atoms with Crippen molar-refractivity contribution in [2.24, 2.45) is 0 Å². The van der Waals surface area contributed by atoms with E-state index >= 15 is 0 Å². The van der Waals surface area contributed by atoms with Crippen LogP contribution in [-0.4, -0.2) is 15.8 Å². The maximum absolute atomic E-state index is 10.4. The summed E-state index contributed by atoms with van der Waals surface area (Å²) in [5.74, 6) is 0. The number of aldehydes is 1. The van der Waals surface area contributed by atoms with Gasteiger partial charge in [-0.15, -0.1) is 11.3 Å². The largest absolute Gasteiger partial charge is 0.297 e. The Kier molecular flexibility index (Phi) is 1.98. The molecular formula is C9H8N2OS. The average Bonchev–Trinajstić information content (AvgIpc) is 2.71. The van der Waals surface area contributed by atoms with Crippen LogP contribution >= 0.6 is 11.3 Å². The second-order valence-corrected chi connectivity index (χ2v) is 3.81. The molecule has 4 heteroatoms. The predicted octanol–water partition coefficient (Wildman–Crippen LogP) is 2.05. The number of carbonyl (C=O) groups is 1. The van der Waals surface area contributed by atoms with Crippen LogP contribution in [-0.2, 0) is 0 Å². The minimum atomic E-state index is 0.737. The van der Waals surface area contributed by atoms with Gasteiger partial charge in [0.1, 0.15) is 11.3 Å². The van der Waals surface area contributed by atoms with Crippen LogP contribution in [0.2, 0.25) is 0 Å². The molecule has 0 aliphatic rings. The number of aromatic nitrogens is 2. The van der Waals surface area contributed by atoms with E-state index in [0.29, 0.717) is 0 Å². The Labute approximate surface area is 79.7 Å². The summed E-state index contributed by atoms with van der Waals surface area (Å²) in [6.45, 7) is 1.94. The predicted molar refractivity (Wildman–Crippen MR) is 51.6 cm³/mol. The average molecular weight is 192 g/mol. The third-order valence-corrected chi connectivity index (χ3v) is 2.72. The van der Waals surface area contributed by atoms with Crippen molar-refractivity contribution in [2.75, 3.05) is 0 Å². The van der Waals surface area contributed by atoms with Gasteiger partial charge in [-0.25, -0.2) is 4.98 Å². The van der Waals surface area contributed by atoms with E-state index in [-0.39, 0.29) is 0 Å². The first-order valence-electron chi connectivity index (χ1n) is 3.85. The third-order valence-electron chi connectivity index (χ3n) is 1.69. The second-order valence-electron chi connectivity index (χ2n) is 2.72. The molecule has 0 atom stereocenters. The Bertz CT molecular complexity index is 430. The SMILES string of the molecule is Cc1cn(-c2ccc(C=O)s2)cn1. The molecule has 2 aromatic rings. The maximum Gasteiger partial charge on any atom is 0.160 e. The van der Waals surface area contributed by atoms with Crippen LogP contribution in [0.5, 0.6) is 0 Å². The van der Waals surface area contributed by atoms with Gasteiger partial charge in [0, 0.05) is 6.20 Å². The topological polar surface area (TPSA) is 34.9 Å². The highest BCUT2D eigenvalue weighted by molar-refractivity contribution is 7.16. The van der Waals surface area contributed by atoms with Crippen LogP contribution in [0.3, 0.4) is 0 Å². The number of carbonyl (C=O) groups excluding carboxylic acids is 1. The van der Waals surface area contributed by atoms with Gasteiger partial charge in [-0.2, -0.15) is 0 Å². The quantitative estimate of drug-likeness (QED) is 0.682. The van der Waals surface area contributed by atoms with Crippen LogP contribution in [0, 0.1) is 6.92 Å². The lowest BCUT2D eigenvalue weighted by Gasteiger charge is -1.93. The molecule has 0 saturated heterocycles. The van der Waals surface area contributed by atoms with Crippen LogP contribution in [0.1, 0.15) is 15.4 Å². The van der Waals surface area contributed by atoms with E-state index in [1.54, 1.807) is 6.33 Å². The van der Waals surface area contributed by atoms with Crippen LogP contribution < -0.4 is 0 Å². The molecule has 0 radical (unpaired) electrons. The van der Waals surface area contributed by atoms with Crippen LogP contribution in [0.4, 0.5) is 0 Å². The molecule has 0 amide bonds. The summed E-state index contributed by atoms with van der Waals surface area (Å²) in [5.41, 5.74) is 0.973. The number of nitrogens with zero attached hydrogens (tertiary/aromatic N) is 2. The van der Waals surface area contributed by atoms with Gasteiger partial charge in [-0.1, -0.05) is 0 Å². The summed E-state index contributed by atoms with van der Waals surface area (Å²) < 4.78 is 1.91. The normalized spacial score (nSPS) is 10.2. The minimum Gasteiger partial charge on any atom is -0.297 e. The zero-order valence-electron chi connectivity index (χ0n) is 7.10. The van der Waals surface area contributed by atoms with Crippen molar-refractivity contribution in [3.8, 4) is 5.00 Å². The molecule has 3 nitrogen and oxygen atoms in total. The zero-order chi connectivity index (χ0) is 9.26. The fraction of sp³-hybridized carbons (Fsp3) is 0.111. The highest BCUT2D eigenvalue weighted by Crippen LogP contribution is 2.19. The van der Waals surface area contributed by atoms with Gasteiger partial charge >= 0.3 is 0 Å². The summed E-state index contributed by atoms with van der Waals surface area (Å²) in [5, 5.41) is 1.02. The Morgan fingerprint density at radius 1 is 1.54 bits per heavy atom. The zero-order valence-corrected chi connectivity index (χ0v) is 7.91. The van der Waals surface area contributed by atoms with Crippen molar-refractivity contribution in [1.29, 1.82) is 0 Å².